The van der Waals surface area contributed by atoms with Gasteiger partial charge in [-0.2, -0.15) is 0 Å². The Hall–Kier alpha value is -0.100. The van der Waals surface area contributed by atoms with Gasteiger partial charge >= 0.3 is 0 Å². The molecule has 0 radical (unpaired) electrons. The molecule has 0 saturated carbocycles. The second-order valence-corrected chi connectivity index (χ2v) is 6.57. The molecule has 1 aliphatic rings. The molecule has 0 amide bonds. The van der Waals surface area contributed by atoms with Gasteiger partial charge in [0.25, 0.3) is 0 Å². The summed E-state index contributed by atoms with van der Waals surface area (Å²) in [6.45, 7) is 6.33. The summed E-state index contributed by atoms with van der Waals surface area (Å²) < 4.78 is 25.9. The van der Waals surface area contributed by atoms with Gasteiger partial charge in [-0.05, 0) is 25.3 Å². The Morgan fingerprint density at radius 2 is 2.18 bits per heavy atom. The van der Waals surface area contributed by atoms with Gasteiger partial charge in [0.05, 0.1) is 5.75 Å². The predicted molar refractivity (Wildman–Crippen MR) is 74.1 cm³/mol. The first-order chi connectivity index (χ1) is 7.49. The highest BCUT2D eigenvalue weighted by Gasteiger charge is 2.12. The maximum atomic E-state index is 11.6. The van der Waals surface area contributed by atoms with Crippen molar-refractivity contribution < 1.29 is 8.42 Å². The molecule has 0 spiro atoms. The largest absolute Gasteiger partial charge is 0.313 e. The lowest BCUT2D eigenvalue weighted by Gasteiger charge is -2.15. The first-order valence-electron chi connectivity index (χ1n) is 5.85. The van der Waals surface area contributed by atoms with Crippen LogP contribution in [0.2, 0.25) is 0 Å². The van der Waals surface area contributed by atoms with Gasteiger partial charge < -0.3 is 5.32 Å². The zero-order valence-corrected chi connectivity index (χ0v) is 12.2. The molecule has 0 bridgehead atoms. The van der Waals surface area contributed by atoms with Crippen molar-refractivity contribution >= 4 is 22.4 Å². The normalized spacial score (nSPS) is 16.5. The van der Waals surface area contributed by atoms with Gasteiger partial charge in [0, 0.05) is 13.1 Å². The van der Waals surface area contributed by atoms with Gasteiger partial charge in [-0.15, -0.1) is 12.4 Å². The predicted octanol–water partition coefficient (Wildman–Crippen LogP) is 1.29. The molecule has 17 heavy (non-hydrogen) atoms. The van der Waals surface area contributed by atoms with Crippen molar-refractivity contribution in [1.29, 1.82) is 0 Å². The quantitative estimate of drug-likeness (QED) is 0.722. The van der Waals surface area contributed by atoms with E-state index in [1.54, 1.807) is 0 Å². The van der Waals surface area contributed by atoms with Crippen LogP contribution in [0.1, 0.15) is 26.7 Å². The van der Waals surface area contributed by atoms with Crippen LogP contribution in [0.15, 0.2) is 11.6 Å². The molecule has 2 N–H and O–H groups in total. The van der Waals surface area contributed by atoms with Crippen molar-refractivity contribution in [2.45, 2.75) is 26.7 Å². The van der Waals surface area contributed by atoms with E-state index >= 15 is 0 Å². The van der Waals surface area contributed by atoms with Crippen LogP contribution in [0, 0.1) is 5.92 Å². The van der Waals surface area contributed by atoms with E-state index in [1.165, 1.54) is 5.57 Å². The van der Waals surface area contributed by atoms with E-state index in [-0.39, 0.29) is 18.2 Å². The summed E-state index contributed by atoms with van der Waals surface area (Å²) in [4.78, 5) is 0. The second-order valence-electron chi connectivity index (χ2n) is 4.64. The molecule has 102 valence electrons. The Morgan fingerprint density at radius 1 is 1.47 bits per heavy atom. The Bertz CT molecular complexity index is 339. The van der Waals surface area contributed by atoms with Crippen LogP contribution in [0.4, 0.5) is 0 Å². The van der Waals surface area contributed by atoms with Gasteiger partial charge in [0.1, 0.15) is 0 Å². The van der Waals surface area contributed by atoms with Crippen LogP contribution >= 0.6 is 12.4 Å². The molecule has 1 rings (SSSR count). The summed E-state index contributed by atoms with van der Waals surface area (Å²) in [7, 11) is -3.09. The Kier molecular flexibility index (Phi) is 8.03. The summed E-state index contributed by atoms with van der Waals surface area (Å²) >= 11 is 0. The molecule has 4 nitrogen and oxygen atoms in total. The lowest BCUT2D eigenvalue weighted by Crippen LogP contribution is -2.31. The number of sulfonamides is 1. The second kappa shape index (κ2) is 8.08. The number of halogens is 1. The van der Waals surface area contributed by atoms with Gasteiger partial charge in [-0.1, -0.05) is 25.5 Å². The Labute approximate surface area is 111 Å². The molecule has 0 aromatic carbocycles. The van der Waals surface area contributed by atoms with Crippen molar-refractivity contribution in [2.75, 3.05) is 25.4 Å². The first-order valence-corrected chi connectivity index (χ1v) is 7.51. The molecule has 0 saturated heterocycles. The van der Waals surface area contributed by atoms with Crippen LogP contribution in [0.5, 0.6) is 0 Å². The van der Waals surface area contributed by atoms with Crippen LogP contribution < -0.4 is 10.0 Å². The fourth-order valence-corrected chi connectivity index (χ4v) is 2.83. The molecule has 0 atom stereocenters. The minimum Gasteiger partial charge on any atom is -0.313 e. The molecule has 1 heterocycles. The van der Waals surface area contributed by atoms with E-state index in [0.29, 0.717) is 12.5 Å². The lowest BCUT2D eigenvalue weighted by molar-refractivity contribution is 0.562. The van der Waals surface area contributed by atoms with Crippen LogP contribution in [0.3, 0.4) is 0 Å². The summed E-state index contributed by atoms with van der Waals surface area (Å²) in [6, 6.07) is 0. The third-order valence-corrected chi connectivity index (χ3v) is 4.00. The third-order valence-electron chi connectivity index (χ3n) is 2.64. The highest BCUT2D eigenvalue weighted by Crippen LogP contribution is 2.05. The number of hydrogen-bond acceptors (Lipinski definition) is 3. The maximum Gasteiger partial charge on any atom is 0.211 e. The molecule has 1 aliphatic heterocycles. The van der Waals surface area contributed by atoms with Crippen molar-refractivity contribution in [3.8, 4) is 0 Å². The van der Waals surface area contributed by atoms with Crippen molar-refractivity contribution in [3.63, 3.8) is 0 Å². The molecule has 0 aliphatic carbocycles. The number of rotatable bonds is 6. The fourth-order valence-electron chi connectivity index (χ4n) is 1.50. The average molecular weight is 283 g/mol. The topological polar surface area (TPSA) is 58.2 Å². The molecular formula is C11H23ClN2O2S. The van der Waals surface area contributed by atoms with E-state index in [0.717, 1.165) is 25.9 Å². The average Bonchev–Trinajstić information content (AvgIpc) is 2.26. The monoisotopic (exact) mass is 282 g/mol. The summed E-state index contributed by atoms with van der Waals surface area (Å²) in [5.74, 6) is 0.658. The third kappa shape index (κ3) is 7.76. The SMILES string of the molecule is CC(C)CCS(=O)(=O)NCC1=CCNCC1.Cl. The minimum absolute atomic E-state index is 0. The van der Waals surface area contributed by atoms with Gasteiger partial charge in [-0.25, -0.2) is 13.1 Å². The van der Waals surface area contributed by atoms with Crippen molar-refractivity contribution in [2.24, 2.45) is 5.92 Å². The molecule has 0 unspecified atom stereocenters. The Morgan fingerprint density at radius 3 is 2.71 bits per heavy atom. The summed E-state index contributed by atoms with van der Waals surface area (Å²) in [5.41, 5.74) is 1.19. The van der Waals surface area contributed by atoms with E-state index in [4.69, 9.17) is 0 Å². The molecule has 6 heteroatoms. The number of nitrogens with one attached hydrogen (secondary N) is 2. The zero-order chi connectivity index (χ0) is 12.0. The first kappa shape index (κ1) is 16.9. The fraction of sp³-hybridized carbons (Fsp3) is 0.818. The molecular weight excluding hydrogens is 260 g/mol. The summed E-state index contributed by atoms with van der Waals surface area (Å²) in [6.07, 6.45) is 3.72. The molecule has 0 aromatic heterocycles. The van der Waals surface area contributed by atoms with E-state index in [9.17, 15) is 8.42 Å². The summed E-state index contributed by atoms with van der Waals surface area (Å²) in [5, 5.41) is 3.20. The molecule has 0 fully saturated rings. The highest BCUT2D eigenvalue weighted by molar-refractivity contribution is 7.89. The van der Waals surface area contributed by atoms with Gasteiger partial charge in [0.2, 0.25) is 10.0 Å². The van der Waals surface area contributed by atoms with Crippen molar-refractivity contribution in [1.82, 2.24) is 10.0 Å². The van der Waals surface area contributed by atoms with E-state index in [2.05, 4.69) is 16.1 Å². The van der Waals surface area contributed by atoms with Crippen molar-refractivity contribution in [3.05, 3.63) is 11.6 Å². The van der Waals surface area contributed by atoms with Gasteiger partial charge in [-0.3, -0.25) is 0 Å². The highest BCUT2D eigenvalue weighted by atomic mass is 35.5. The van der Waals surface area contributed by atoms with Crippen LogP contribution in [-0.2, 0) is 10.0 Å². The lowest BCUT2D eigenvalue weighted by atomic mass is 10.1. The zero-order valence-electron chi connectivity index (χ0n) is 10.5. The molecule has 0 aromatic rings. The standard InChI is InChI=1S/C11H22N2O2S.ClH/c1-10(2)5-8-16(14,15)13-9-11-3-6-12-7-4-11;/h3,10,12-13H,4-9H2,1-2H3;1H. The Balaban J connectivity index is 0.00000256. The van der Waals surface area contributed by atoms with Crippen LogP contribution in [0.25, 0.3) is 0 Å². The van der Waals surface area contributed by atoms with E-state index < -0.39 is 10.0 Å². The van der Waals surface area contributed by atoms with Crippen LogP contribution in [-0.4, -0.2) is 33.8 Å². The van der Waals surface area contributed by atoms with E-state index in [1.807, 2.05) is 13.8 Å². The minimum atomic E-state index is -3.09. The maximum absolute atomic E-state index is 11.6. The smallest absolute Gasteiger partial charge is 0.211 e. The number of hydrogen-bond donors (Lipinski definition) is 2. The van der Waals surface area contributed by atoms with Gasteiger partial charge in [0.15, 0.2) is 0 Å².